The maximum Gasteiger partial charge on any atom is 0.225 e. The molecule has 2 aromatic heterocycles. The molecule has 0 radical (unpaired) electrons. The van der Waals surface area contributed by atoms with Crippen molar-refractivity contribution >= 4 is 45.9 Å². The van der Waals surface area contributed by atoms with E-state index in [4.69, 9.17) is 32.7 Å². The number of benzene rings is 2. The van der Waals surface area contributed by atoms with Gasteiger partial charge in [-0.25, -0.2) is 9.97 Å². The largest absolute Gasteiger partial charge is 0.497 e. The highest BCUT2D eigenvalue weighted by Gasteiger charge is 2.15. The molecule has 0 bridgehead atoms. The van der Waals surface area contributed by atoms with Crippen LogP contribution >= 0.6 is 23.2 Å². The molecule has 0 aliphatic heterocycles. The van der Waals surface area contributed by atoms with Crippen LogP contribution in [0.1, 0.15) is 11.1 Å². The molecule has 2 heterocycles. The molecular weight excluding hydrogens is 451 g/mol. The summed E-state index contributed by atoms with van der Waals surface area (Å²) in [6, 6.07) is 15.4. The molecule has 0 amide bonds. The van der Waals surface area contributed by atoms with Crippen LogP contribution in [0.25, 0.3) is 11.0 Å². The molecule has 0 atom stereocenters. The lowest BCUT2D eigenvalue weighted by Crippen LogP contribution is -2.08. The zero-order valence-corrected chi connectivity index (χ0v) is 18.9. The van der Waals surface area contributed by atoms with Gasteiger partial charge in [-0.3, -0.25) is 0 Å². The lowest BCUT2D eigenvalue weighted by molar-refractivity contribution is 0.414. The number of hydrogen-bond donors (Lipinski definition) is 2. The third-order valence-corrected chi connectivity index (χ3v) is 5.07. The molecule has 164 valence electrons. The minimum absolute atomic E-state index is 0.0770. The molecule has 0 saturated carbocycles. The molecule has 2 aromatic carbocycles. The van der Waals surface area contributed by atoms with Gasteiger partial charge in [0.25, 0.3) is 0 Å². The van der Waals surface area contributed by atoms with Crippen LogP contribution in [0.4, 0.5) is 11.6 Å². The van der Waals surface area contributed by atoms with E-state index in [0.29, 0.717) is 35.8 Å². The van der Waals surface area contributed by atoms with Gasteiger partial charge in [0.2, 0.25) is 10.6 Å². The molecule has 0 saturated heterocycles. The van der Waals surface area contributed by atoms with Crippen LogP contribution in [0.3, 0.4) is 0 Å². The first kappa shape index (κ1) is 21.9. The van der Waals surface area contributed by atoms with Crippen molar-refractivity contribution in [1.82, 2.24) is 19.9 Å². The van der Waals surface area contributed by atoms with E-state index < -0.39 is 0 Å². The number of ether oxygens (including phenoxy) is 2. The molecule has 0 fully saturated rings. The maximum atomic E-state index is 6.20. The van der Waals surface area contributed by atoms with Crippen molar-refractivity contribution < 1.29 is 9.47 Å². The van der Waals surface area contributed by atoms with Crippen molar-refractivity contribution in [2.24, 2.45) is 0 Å². The second kappa shape index (κ2) is 9.84. The molecule has 4 aromatic rings. The Kier molecular flexibility index (Phi) is 6.72. The van der Waals surface area contributed by atoms with Gasteiger partial charge in [0, 0.05) is 13.1 Å². The summed E-state index contributed by atoms with van der Waals surface area (Å²) < 4.78 is 10.4. The van der Waals surface area contributed by atoms with Gasteiger partial charge in [-0.1, -0.05) is 24.3 Å². The normalized spacial score (nSPS) is 10.8. The number of aromatic nitrogens is 4. The van der Waals surface area contributed by atoms with Crippen LogP contribution in [0.2, 0.25) is 10.6 Å². The highest BCUT2D eigenvalue weighted by molar-refractivity contribution is 6.30. The van der Waals surface area contributed by atoms with Crippen molar-refractivity contribution in [3.05, 3.63) is 70.2 Å². The Hall–Kier alpha value is -3.36. The van der Waals surface area contributed by atoms with E-state index in [2.05, 4.69) is 30.6 Å². The van der Waals surface area contributed by atoms with Crippen LogP contribution in [0, 0.1) is 0 Å². The van der Waals surface area contributed by atoms with Gasteiger partial charge >= 0.3 is 0 Å². The Balaban J connectivity index is 1.59. The van der Waals surface area contributed by atoms with E-state index in [9.17, 15) is 0 Å². The molecular formula is C22H20Cl2N6O2. The zero-order chi connectivity index (χ0) is 22.5. The molecule has 0 aliphatic rings. The molecule has 0 aliphatic carbocycles. The van der Waals surface area contributed by atoms with Crippen molar-refractivity contribution in [3.63, 3.8) is 0 Å². The van der Waals surface area contributed by atoms with Crippen LogP contribution in [-0.2, 0) is 13.1 Å². The summed E-state index contributed by atoms with van der Waals surface area (Å²) in [4.78, 5) is 17.2. The third-order valence-electron chi connectivity index (χ3n) is 4.73. The van der Waals surface area contributed by atoms with Crippen molar-refractivity contribution in [1.29, 1.82) is 0 Å². The molecule has 4 rings (SSSR count). The van der Waals surface area contributed by atoms with Crippen LogP contribution in [0.15, 0.2) is 48.5 Å². The second-order valence-corrected chi connectivity index (χ2v) is 7.46. The number of rotatable bonds is 8. The standard InChI is InChI=1S/C22H20Cl2N6O2/c1-31-15-7-3-13(4-8-15)11-25-19-17-18(28-21(23)29-19)20(30-22(24)27-17)26-12-14-5-9-16(32-2)10-6-14/h3-10H,11-12H2,1-2H3,(H,25,28,29)(H,26,27,30). The number of halogens is 2. The number of nitrogens with one attached hydrogen (secondary N) is 2. The first-order valence-corrected chi connectivity index (χ1v) is 10.5. The smallest absolute Gasteiger partial charge is 0.225 e. The summed E-state index contributed by atoms with van der Waals surface area (Å²) >= 11 is 12.4. The Morgan fingerprint density at radius 3 is 1.34 bits per heavy atom. The molecule has 10 heteroatoms. The Bertz CT molecular complexity index is 1120. The van der Waals surface area contributed by atoms with Crippen molar-refractivity contribution in [3.8, 4) is 11.5 Å². The Morgan fingerprint density at radius 2 is 1.00 bits per heavy atom. The number of hydrogen-bond acceptors (Lipinski definition) is 8. The number of nitrogens with zero attached hydrogens (tertiary/aromatic N) is 4. The van der Waals surface area contributed by atoms with Crippen LogP contribution in [0.5, 0.6) is 11.5 Å². The van der Waals surface area contributed by atoms with Gasteiger partial charge in [-0.2, -0.15) is 9.97 Å². The predicted molar refractivity (Wildman–Crippen MR) is 126 cm³/mol. The minimum Gasteiger partial charge on any atom is -0.497 e. The van der Waals surface area contributed by atoms with E-state index in [1.54, 1.807) is 14.2 Å². The van der Waals surface area contributed by atoms with E-state index in [1.807, 2.05) is 48.5 Å². The highest BCUT2D eigenvalue weighted by atomic mass is 35.5. The number of fused-ring (bicyclic) bond motifs is 1. The minimum atomic E-state index is 0.0770. The summed E-state index contributed by atoms with van der Waals surface area (Å²) in [5.74, 6) is 2.51. The van der Waals surface area contributed by atoms with Gasteiger partial charge in [0.15, 0.2) is 11.6 Å². The van der Waals surface area contributed by atoms with Crippen LogP contribution in [-0.4, -0.2) is 34.2 Å². The monoisotopic (exact) mass is 470 g/mol. The first-order valence-electron chi connectivity index (χ1n) is 9.70. The fourth-order valence-electron chi connectivity index (χ4n) is 3.07. The first-order chi connectivity index (χ1) is 15.6. The molecule has 8 nitrogen and oxygen atoms in total. The SMILES string of the molecule is COc1ccc(CNc2nc(Cl)nc3c(NCc4ccc(OC)cc4)nc(Cl)nc23)cc1. The lowest BCUT2D eigenvalue weighted by atomic mass is 10.2. The third kappa shape index (κ3) is 5.09. The number of methoxy groups -OCH3 is 2. The van der Waals surface area contributed by atoms with Gasteiger partial charge in [0.05, 0.1) is 14.2 Å². The van der Waals surface area contributed by atoms with Gasteiger partial charge < -0.3 is 20.1 Å². The average molecular weight is 471 g/mol. The summed E-state index contributed by atoms with van der Waals surface area (Å²) in [6.45, 7) is 1.01. The summed E-state index contributed by atoms with van der Waals surface area (Å²) in [5.41, 5.74) is 3.01. The molecule has 0 unspecified atom stereocenters. The topological polar surface area (TPSA) is 94.1 Å². The fourth-order valence-corrected chi connectivity index (χ4v) is 3.40. The number of anilines is 2. The second-order valence-electron chi connectivity index (χ2n) is 6.78. The predicted octanol–water partition coefficient (Wildman–Crippen LogP) is 4.97. The summed E-state index contributed by atoms with van der Waals surface area (Å²) in [7, 11) is 3.26. The highest BCUT2D eigenvalue weighted by Crippen LogP contribution is 2.27. The maximum absolute atomic E-state index is 6.20. The molecule has 32 heavy (non-hydrogen) atoms. The Labute approximate surface area is 194 Å². The van der Waals surface area contributed by atoms with Crippen molar-refractivity contribution in [2.45, 2.75) is 13.1 Å². The van der Waals surface area contributed by atoms with Gasteiger partial charge in [-0.15, -0.1) is 0 Å². The fraction of sp³-hybridized carbons (Fsp3) is 0.182. The van der Waals surface area contributed by atoms with E-state index >= 15 is 0 Å². The van der Waals surface area contributed by atoms with Gasteiger partial charge in [-0.05, 0) is 58.6 Å². The van der Waals surface area contributed by atoms with E-state index in [1.165, 1.54) is 0 Å². The van der Waals surface area contributed by atoms with Crippen LogP contribution < -0.4 is 20.1 Å². The lowest BCUT2D eigenvalue weighted by Gasteiger charge is -2.12. The summed E-state index contributed by atoms with van der Waals surface area (Å²) in [6.07, 6.45) is 0. The quantitative estimate of drug-likeness (QED) is 0.348. The molecule has 0 spiro atoms. The average Bonchev–Trinajstić information content (AvgIpc) is 2.82. The van der Waals surface area contributed by atoms with Gasteiger partial charge in [0.1, 0.15) is 22.5 Å². The Morgan fingerprint density at radius 1 is 0.625 bits per heavy atom. The van der Waals surface area contributed by atoms with Crippen molar-refractivity contribution in [2.75, 3.05) is 24.9 Å². The molecule has 2 N–H and O–H groups in total. The van der Waals surface area contributed by atoms with E-state index in [0.717, 1.165) is 22.6 Å². The summed E-state index contributed by atoms with van der Waals surface area (Å²) in [5, 5.41) is 6.67. The zero-order valence-electron chi connectivity index (χ0n) is 17.4. The van der Waals surface area contributed by atoms with E-state index in [-0.39, 0.29) is 10.6 Å².